The van der Waals surface area contributed by atoms with Crippen LogP contribution in [-0.4, -0.2) is 30.4 Å². The summed E-state index contributed by atoms with van der Waals surface area (Å²) in [4.78, 5) is 36.1. The summed E-state index contributed by atoms with van der Waals surface area (Å²) in [5, 5.41) is 5.15. The molecule has 2 N–H and O–H groups in total. The van der Waals surface area contributed by atoms with Crippen molar-refractivity contribution in [3.63, 3.8) is 0 Å². The van der Waals surface area contributed by atoms with E-state index in [0.29, 0.717) is 5.69 Å². The van der Waals surface area contributed by atoms with E-state index >= 15 is 0 Å². The number of furan rings is 1. The number of carbonyl (C=O) groups is 3. The van der Waals surface area contributed by atoms with Gasteiger partial charge in [0, 0.05) is 11.3 Å². The summed E-state index contributed by atoms with van der Waals surface area (Å²) in [7, 11) is 0. The summed E-state index contributed by atoms with van der Waals surface area (Å²) in [5.74, 6) is -1.66. The minimum absolute atomic E-state index is 0.0844. The van der Waals surface area contributed by atoms with E-state index in [0.717, 1.165) is 11.1 Å². The van der Waals surface area contributed by atoms with Crippen LogP contribution in [0, 0.1) is 0 Å². The first-order valence-electron chi connectivity index (χ1n) is 9.01. The maximum absolute atomic E-state index is 12.5. The Morgan fingerprint density at radius 2 is 1.69 bits per heavy atom. The van der Waals surface area contributed by atoms with Gasteiger partial charge in [-0.1, -0.05) is 48.5 Å². The van der Waals surface area contributed by atoms with Crippen LogP contribution in [0.3, 0.4) is 0 Å². The highest BCUT2D eigenvalue weighted by molar-refractivity contribution is 5.99. The molecule has 0 aliphatic carbocycles. The Bertz CT molecular complexity index is 983. The van der Waals surface area contributed by atoms with Gasteiger partial charge in [0.15, 0.2) is 11.9 Å². The van der Waals surface area contributed by atoms with Gasteiger partial charge in [-0.25, -0.2) is 0 Å². The van der Waals surface area contributed by atoms with Gasteiger partial charge in [-0.05, 0) is 30.7 Å². The summed E-state index contributed by atoms with van der Waals surface area (Å²) in [6.07, 6.45) is 0.319. The van der Waals surface area contributed by atoms with Crippen molar-refractivity contribution in [3.05, 3.63) is 78.8 Å². The second-order valence-electron chi connectivity index (χ2n) is 6.19. The molecule has 0 aliphatic rings. The molecule has 0 fully saturated rings. The summed E-state index contributed by atoms with van der Waals surface area (Å²) in [6.45, 7) is 1.09. The van der Waals surface area contributed by atoms with Crippen LogP contribution < -0.4 is 10.6 Å². The predicted octanol–water partition coefficient (Wildman–Crippen LogP) is 3.25. The third kappa shape index (κ3) is 5.32. The Morgan fingerprint density at radius 3 is 2.41 bits per heavy atom. The van der Waals surface area contributed by atoms with Crippen LogP contribution in [0.1, 0.15) is 17.5 Å². The molecule has 3 rings (SSSR count). The summed E-state index contributed by atoms with van der Waals surface area (Å²) in [6, 6.07) is 20.0. The number of ether oxygens (including phenoxy) is 1. The number of rotatable bonds is 7. The molecule has 148 valence electrons. The quantitative estimate of drug-likeness (QED) is 0.602. The molecule has 3 aromatic rings. The molecule has 0 aliphatic heterocycles. The second kappa shape index (κ2) is 9.36. The molecule has 0 saturated heterocycles. The van der Waals surface area contributed by atoms with Crippen molar-refractivity contribution < 1.29 is 23.5 Å². The second-order valence-corrected chi connectivity index (χ2v) is 6.19. The molecule has 0 saturated carbocycles. The molecule has 2 amide bonds. The van der Waals surface area contributed by atoms with Gasteiger partial charge >= 0.3 is 5.97 Å². The van der Waals surface area contributed by atoms with Gasteiger partial charge in [-0.15, -0.1) is 0 Å². The van der Waals surface area contributed by atoms with Crippen LogP contribution in [0.15, 0.2) is 77.4 Å². The van der Waals surface area contributed by atoms with E-state index in [1.54, 1.807) is 12.1 Å². The molecule has 0 spiro atoms. The lowest BCUT2D eigenvalue weighted by Crippen LogP contribution is -2.35. The van der Waals surface area contributed by atoms with Gasteiger partial charge in [0.2, 0.25) is 0 Å². The zero-order chi connectivity index (χ0) is 20.6. The lowest BCUT2D eigenvalue weighted by atomic mass is 10.0. The lowest BCUT2D eigenvalue weighted by Gasteiger charge is -2.16. The number of carbonyl (C=O) groups excluding carboxylic acids is 3. The molecule has 7 heteroatoms. The van der Waals surface area contributed by atoms with Crippen LogP contribution >= 0.6 is 0 Å². The maximum Gasteiger partial charge on any atom is 0.326 e. The molecule has 2 aromatic carbocycles. The fraction of sp³-hybridized carbons (Fsp3) is 0.136. The zero-order valence-corrected chi connectivity index (χ0v) is 15.8. The third-order valence-electron chi connectivity index (χ3n) is 4.09. The Kier molecular flexibility index (Phi) is 6.42. The highest BCUT2D eigenvalue weighted by Crippen LogP contribution is 2.27. The van der Waals surface area contributed by atoms with Gasteiger partial charge in [-0.2, -0.15) is 0 Å². The van der Waals surface area contributed by atoms with E-state index in [2.05, 4.69) is 10.6 Å². The van der Waals surface area contributed by atoms with Gasteiger partial charge < -0.3 is 19.8 Å². The van der Waals surface area contributed by atoms with E-state index in [1.165, 1.54) is 19.3 Å². The first kappa shape index (κ1) is 19.9. The molecular formula is C22H20N2O5. The molecule has 0 unspecified atom stereocenters. The van der Waals surface area contributed by atoms with Crippen LogP contribution in [0.4, 0.5) is 5.69 Å². The Hall–Kier alpha value is -3.87. The predicted molar refractivity (Wildman–Crippen MR) is 107 cm³/mol. The molecule has 29 heavy (non-hydrogen) atoms. The minimum Gasteiger partial charge on any atom is -0.459 e. The van der Waals surface area contributed by atoms with E-state index in [1.807, 2.05) is 48.5 Å². The minimum atomic E-state index is -1.04. The molecule has 0 radical (unpaired) electrons. The zero-order valence-electron chi connectivity index (χ0n) is 15.8. The number of nitrogens with one attached hydrogen (secondary N) is 2. The molecule has 1 aromatic heterocycles. The smallest absolute Gasteiger partial charge is 0.326 e. The van der Waals surface area contributed by atoms with Gasteiger partial charge in [0.25, 0.3) is 11.8 Å². The van der Waals surface area contributed by atoms with Crippen LogP contribution in [0.5, 0.6) is 0 Å². The summed E-state index contributed by atoms with van der Waals surface area (Å²) >= 11 is 0. The fourth-order valence-corrected chi connectivity index (χ4v) is 2.64. The van der Waals surface area contributed by atoms with Gasteiger partial charge in [-0.3, -0.25) is 14.4 Å². The van der Waals surface area contributed by atoms with Crippen LogP contribution in [-0.2, 0) is 14.3 Å². The van der Waals surface area contributed by atoms with Crippen molar-refractivity contribution in [2.24, 2.45) is 0 Å². The SMILES string of the molecule is C[C@H](OC(=O)CNC(=O)c1ccco1)C(=O)Nc1ccccc1-c1ccccc1. The summed E-state index contributed by atoms with van der Waals surface area (Å²) < 4.78 is 10.0. The fourth-order valence-electron chi connectivity index (χ4n) is 2.64. The van der Waals surface area contributed by atoms with Crippen LogP contribution in [0.2, 0.25) is 0 Å². The van der Waals surface area contributed by atoms with Crippen molar-refractivity contribution in [1.29, 1.82) is 0 Å². The Balaban J connectivity index is 1.56. The van der Waals surface area contributed by atoms with Crippen molar-refractivity contribution >= 4 is 23.5 Å². The summed E-state index contributed by atoms with van der Waals surface area (Å²) in [5.41, 5.74) is 2.41. The highest BCUT2D eigenvalue weighted by Gasteiger charge is 2.20. The van der Waals surface area contributed by atoms with Crippen LogP contribution in [0.25, 0.3) is 11.1 Å². The van der Waals surface area contributed by atoms with Crippen molar-refractivity contribution in [1.82, 2.24) is 5.32 Å². The van der Waals surface area contributed by atoms with E-state index in [4.69, 9.17) is 9.15 Å². The number of esters is 1. The number of benzene rings is 2. The average Bonchev–Trinajstić information content (AvgIpc) is 3.28. The lowest BCUT2D eigenvalue weighted by molar-refractivity contribution is -0.152. The largest absolute Gasteiger partial charge is 0.459 e. The average molecular weight is 392 g/mol. The standard InChI is InChI=1S/C22H20N2O5/c1-15(29-20(25)14-23-22(27)19-12-7-13-28-19)21(26)24-18-11-6-5-10-17(18)16-8-3-2-4-9-16/h2-13,15H,14H2,1H3,(H,23,27)(H,24,26)/t15-/m0/s1. The molecule has 0 bridgehead atoms. The van der Waals surface area contributed by atoms with Gasteiger partial charge in [0.1, 0.15) is 6.54 Å². The van der Waals surface area contributed by atoms with E-state index in [9.17, 15) is 14.4 Å². The number of amides is 2. The molecule has 7 nitrogen and oxygen atoms in total. The monoisotopic (exact) mass is 392 g/mol. The van der Waals surface area contributed by atoms with Crippen molar-refractivity contribution in [2.75, 3.05) is 11.9 Å². The van der Waals surface area contributed by atoms with Crippen molar-refractivity contribution in [3.8, 4) is 11.1 Å². The normalized spacial score (nSPS) is 11.3. The Labute approximate surface area is 167 Å². The highest BCUT2D eigenvalue weighted by atomic mass is 16.5. The topological polar surface area (TPSA) is 97.6 Å². The number of anilines is 1. The Morgan fingerprint density at radius 1 is 0.966 bits per heavy atom. The number of hydrogen-bond donors (Lipinski definition) is 2. The molecule has 1 atom stereocenters. The molecular weight excluding hydrogens is 372 g/mol. The number of hydrogen-bond acceptors (Lipinski definition) is 5. The maximum atomic E-state index is 12.5. The van der Waals surface area contributed by atoms with E-state index < -0.39 is 23.9 Å². The number of para-hydroxylation sites is 1. The van der Waals surface area contributed by atoms with Gasteiger partial charge in [0.05, 0.1) is 6.26 Å². The first-order chi connectivity index (χ1) is 14.0. The first-order valence-corrected chi connectivity index (χ1v) is 9.01. The molecule has 1 heterocycles. The third-order valence-corrected chi connectivity index (χ3v) is 4.09. The van der Waals surface area contributed by atoms with E-state index in [-0.39, 0.29) is 12.3 Å². The van der Waals surface area contributed by atoms with Crippen molar-refractivity contribution in [2.45, 2.75) is 13.0 Å².